The molecule has 2 atom stereocenters. The van der Waals surface area contributed by atoms with Crippen molar-refractivity contribution in [2.45, 2.75) is 58.9 Å². The molecular weight excluding hydrogens is 308 g/mol. The zero-order chi connectivity index (χ0) is 17.8. The maximum absolute atomic E-state index is 11.3. The minimum atomic E-state index is -1.87. The van der Waals surface area contributed by atoms with Gasteiger partial charge in [0.2, 0.25) is 8.32 Å². The van der Waals surface area contributed by atoms with Gasteiger partial charge in [0.1, 0.15) is 5.75 Å². The number of carbonyl (C=O) groups is 1. The average Bonchev–Trinajstić information content (AvgIpc) is 2.43. The van der Waals surface area contributed by atoms with Gasteiger partial charge in [-0.3, -0.25) is 4.79 Å². The molecule has 0 aliphatic carbocycles. The van der Waals surface area contributed by atoms with E-state index in [4.69, 9.17) is 9.16 Å². The first-order chi connectivity index (χ1) is 10.5. The molecule has 5 heteroatoms. The van der Waals surface area contributed by atoms with E-state index in [-0.39, 0.29) is 5.04 Å². The summed E-state index contributed by atoms with van der Waals surface area (Å²) < 4.78 is 11.9. The molecule has 0 aromatic heterocycles. The van der Waals surface area contributed by atoms with Crippen molar-refractivity contribution >= 4 is 14.3 Å². The molecule has 0 fully saturated rings. The Balaban J connectivity index is 2.96. The van der Waals surface area contributed by atoms with Gasteiger partial charge in [0.25, 0.3) is 0 Å². The van der Waals surface area contributed by atoms with E-state index in [1.165, 1.54) is 0 Å². The molecule has 23 heavy (non-hydrogen) atoms. The van der Waals surface area contributed by atoms with Crippen molar-refractivity contribution in [1.29, 1.82) is 0 Å². The van der Waals surface area contributed by atoms with Crippen LogP contribution in [0.4, 0.5) is 0 Å². The first-order valence-electron chi connectivity index (χ1n) is 8.13. The van der Waals surface area contributed by atoms with Crippen LogP contribution in [-0.4, -0.2) is 26.0 Å². The molecule has 130 valence electrons. The first kappa shape index (κ1) is 19.7. The van der Waals surface area contributed by atoms with Gasteiger partial charge in [0.05, 0.1) is 12.0 Å². The molecule has 0 aliphatic rings. The summed E-state index contributed by atoms with van der Waals surface area (Å²) in [6.07, 6.45) is -0.445. The summed E-state index contributed by atoms with van der Waals surface area (Å²) in [5, 5.41) is 9.37. The van der Waals surface area contributed by atoms with Crippen LogP contribution in [0.1, 0.15) is 46.3 Å². The van der Waals surface area contributed by atoms with Gasteiger partial charge in [0, 0.05) is 6.61 Å². The van der Waals surface area contributed by atoms with Crippen LogP contribution < -0.4 is 4.43 Å². The summed E-state index contributed by atoms with van der Waals surface area (Å²) >= 11 is 0. The van der Waals surface area contributed by atoms with Crippen molar-refractivity contribution in [3.8, 4) is 5.75 Å². The molecule has 1 aromatic carbocycles. The number of aliphatic carboxylic acids is 1. The Morgan fingerprint density at radius 2 is 1.74 bits per heavy atom. The maximum atomic E-state index is 11.3. The van der Waals surface area contributed by atoms with Gasteiger partial charge in [0.15, 0.2) is 0 Å². The highest BCUT2D eigenvalue weighted by atomic mass is 28.4. The van der Waals surface area contributed by atoms with Crippen LogP contribution in [0.3, 0.4) is 0 Å². The van der Waals surface area contributed by atoms with Gasteiger partial charge < -0.3 is 14.3 Å². The minimum Gasteiger partial charge on any atom is -0.544 e. The second-order valence-electron chi connectivity index (χ2n) is 7.43. The fourth-order valence-electron chi connectivity index (χ4n) is 2.01. The van der Waals surface area contributed by atoms with E-state index in [9.17, 15) is 9.90 Å². The normalized spacial score (nSPS) is 15.1. The minimum absolute atomic E-state index is 0.136. The molecule has 1 aromatic rings. The highest BCUT2D eigenvalue weighted by Crippen LogP contribution is 2.37. The monoisotopic (exact) mass is 338 g/mol. The van der Waals surface area contributed by atoms with Crippen LogP contribution in [0.2, 0.25) is 18.1 Å². The van der Waals surface area contributed by atoms with Gasteiger partial charge in [-0.15, -0.1) is 0 Å². The number of rotatable bonds is 7. The molecule has 1 rings (SSSR count). The van der Waals surface area contributed by atoms with Crippen molar-refractivity contribution in [3.63, 3.8) is 0 Å². The zero-order valence-electron chi connectivity index (χ0n) is 15.3. The summed E-state index contributed by atoms with van der Waals surface area (Å²) in [7, 11) is -1.87. The van der Waals surface area contributed by atoms with Gasteiger partial charge >= 0.3 is 5.97 Å². The lowest BCUT2D eigenvalue weighted by Crippen LogP contribution is -2.43. The van der Waals surface area contributed by atoms with Crippen molar-refractivity contribution in [2.75, 3.05) is 6.61 Å². The second kappa shape index (κ2) is 7.49. The van der Waals surface area contributed by atoms with Crippen molar-refractivity contribution in [1.82, 2.24) is 0 Å². The Labute approximate surface area is 140 Å². The topological polar surface area (TPSA) is 55.8 Å². The third kappa shape index (κ3) is 5.08. The molecule has 1 unspecified atom stereocenters. The average molecular weight is 339 g/mol. The summed E-state index contributed by atoms with van der Waals surface area (Å²) in [5.74, 6) is -0.620. The predicted octanol–water partition coefficient (Wildman–Crippen LogP) is 4.87. The SMILES string of the molecule is CCO[C@H](c1ccc(O[Si](C)(C)C(C)(C)C)cc1)C(C)C(=O)O. The van der Waals surface area contributed by atoms with Crippen molar-refractivity contribution < 1.29 is 19.1 Å². The lowest BCUT2D eigenvalue weighted by Gasteiger charge is -2.36. The number of carboxylic acids is 1. The Morgan fingerprint density at radius 1 is 1.22 bits per heavy atom. The summed E-state index contributed by atoms with van der Waals surface area (Å²) in [4.78, 5) is 11.3. The Hall–Kier alpha value is -1.33. The lowest BCUT2D eigenvalue weighted by atomic mass is 9.97. The largest absolute Gasteiger partial charge is 0.544 e. The van der Waals surface area contributed by atoms with E-state index in [0.29, 0.717) is 6.61 Å². The number of hydrogen-bond acceptors (Lipinski definition) is 3. The number of carboxylic acid groups (broad SMARTS) is 1. The third-order valence-corrected chi connectivity index (χ3v) is 8.94. The lowest BCUT2D eigenvalue weighted by molar-refractivity contribution is -0.146. The van der Waals surface area contributed by atoms with E-state index in [0.717, 1.165) is 11.3 Å². The standard InChI is InChI=1S/C18H30O4Si/c1-8-21-16(13(2)17(19)20)14-9-11-15(12-10-14)22-23(6,7)18(3,4)5/h9-13,16H,8H2,1-7H3,(H,19,20)/t13?,16-/m0/s1. The molecule has 0 radical (unpaired) electrons. The number of ether oxygens (including phenoxy) is 1. The molecule has 0 saturated carbocycles. The fraction of sp³-hybridized carbons (Fsp3) is 0.611. The Bertz CT molecular complexity index is 517. The van der Waals surface area contributed by atoms with Crippen LogP contribution in [0.5, 0.6) is 5.75 Å². The molecule has 0 amide bonds. The predicted molar refractivity (Wildman–Crippen MR) is 95.4 cm³/mol. The molecule has 0 aliphatic heterocycles. The van der Waals surface area contributed by atoms with Crippen LogP contribution in [0.15, 0.2) is 24.3 Å². The molecule has 4 nitrogen and oxygen atoms in total. The maximum Gasteiger partial charge on any atom is 0.309 e. The first-order valence-corrected chi connectivity index (χ1v) is 11.0. The van der Waals surface area contributed by atoms with Crippen LogP contribution in [-0.2, 0) is 9.53 Å². The Morgan fingerprint density at radius 3 is 2.13 bits per heavy atom. The Kier molecular flexibility index (Phi) is 6.42. The van der Waals surface area contributed by atoms with Crippen LogP contribution >= 0.6 is 0 Å². The number of hydrogen-bond donors (Lipinski definition) is 1. The van der Waals surface area contributed by atoms with E-state index >= 15 is 0 Å². The molecule has 0 spiro atoms. The quantitative estimate of drug-likeness (QED) is 0.721. The van der Waals surface area contributed by atoms with Gasteiger partial charge in [-0.2, -0.15) is 0 Å². The van der Waals surface area contributed by atoms with Gasteiger partial charge in [-0.25, -0.2) is 0 Å². The molecule has 0 bridgehead atoms. The smallest absolute Gasteiger partial charge is 0.309 e. The van der Waals surface area contributed by atoms with Crippen LogP contribution in [0.25, 0.3) is 0 Å². The molecule has 0 heterocycles. The summed E-state index contributed by atoms with van der Waals surface area (Å²) in [5.41, 5.74) is 0.865. The highest BCUT2D eigenvalue weighted by molar-refractivity contribution is 6.74. The highest BCUT2D eigenvalue weighted by Gasteiger charge is 2.39. The molecule has 0 saturated heterocycles. The van der Waals surface area contributed by atoms with Crippen molar-refractivity contribution in [3.05, 3.63) is 29.8 Å². The fourth-order valence-corrected chi connectivity index (χ4v) is 3.04. The van der Waals surface area contributed by atoms with E-state index < -0.39 is 26.3 Å². The zero-order valence-corrected chi connectivity index (χ0v) is 16.3. The molecular formula is C18H30O4Si. The van der Waals surface area contributed by atoms with Crippen molar-refractivity contribution in [2.24, 2.45) is 5.92 Å². The summed E-state index contributed by atoms with van der Waals surface area (Å²) in [6, 6.07) is 7.64. The summed E-state index contributed by atoms with van der Waals surface area (Å²) in [6.45, 7) is 15.0. The number of benzene rings is 1. The van der Waals surface area contributed by atoms with Crippen LogP contribution in [0, 0.1) is 5.92 Å². The second-order valence-corrected chi connectivity index (χ2v) is 12.2. The third-order valence-electron chi connectivity index (χ3n) is 4.58. The van der Waals surface area contributed by atoms with E-state index in [1.807, 2.05) is 31.2 Å². The van der Waals surface area contributed by atoms with Gasteiger partial charge in [-0.1, -0.05) is 32.9 Å². The molecule has 1 N–H and O–H groups in total. The van der Waals surface area contributed by atoms with E-state index in [2.05, 4.69) is 33.9 Å². The van der Waals surface area contributed by atoms with Gasteiger partial charge in [-0.05, 0) is 49.7 Å². The van der Waals surface area contributed by atoms with E-state index in [1.54, 1.807) is 6.92 Å².